The molecule has 2 N–H and O–H groups in total. The molecule has 0 unspecified atom stereocenters. The molecule has 0 fully saturated rings. The van der Waals surface area contributed by atoms with E-state index in [9.17, 15) is 19.2 Å². The van der Waals surface area contributed by atoms with Crippen LogP contribution in [-0.2, 0) is 20.8 Å². The first-order chi connectivity index (χ1) is 13.4. The molecule has 0 bridgehead atoms. The normalized spacial score (nSPS) is 13.9. The average Bonchev–Trinajstić information content (AvgIpc) is 2.92. The molecule has 144 valence electrons. The van der Waals surface area contributed by atoms with Crippen LogP contribution < -0.4 is 10.8 Å². The molecule has 8 heteroatoms. The summed E-state index contributed by atoms with van der Waals surface area (Å²) in [6.07, 6.45) is 0.0982. The number of hydrogen-bond acceptors (Lipinski definition) is 5. The lowest BCUT2D eigenvalue weighted by molar-refractivity contribution is -0.135. The Labute approximate surface area is 161 Å². The van der Waals surface area contributed by atoms with Crippen LogP contribution in [0, 0.1) is 0 Å². The molecule has 2 aromatic carbocycles. The summed E-state index contributed by atoms with van der Waals surface area (Å²) < 4.78 is 0. The van der Waals surface area contributed by atoms with Gasteiger partial charge in [0.05, 0.1) is 18.2 Å². The number of amides is 4. The second kappa shape index (κ2) is 8.01. The van der Waals surface area contributed by atoms with Crippen molar-refractivity contribution in [3.05, 3.63) is 65.2 Å². The first-order valence-electron chi connectivity index (χ1n) is 8.58. The molecule has 0 spiro atoms. The van der Waals surface area contributed by atoms with Crippen molar-refractivity contribution in [1.82, 2.24) is 10.4 Å². The molecule has 0 aliphatic carbocycles. The van der Waals surface area contributed by atoms with E-state index in [0.29, 0.717) is 11.3 Å². The summed E-state index contributed by atoms with van der Waals surface area (Å²) in [6.45, 7) is 1.40. The lowest BCUT2D eigenvalue weighted by Gasteiger charge is -2.25. The molecular formula is C20H19N3O5. The molecule has 0 radical (unpaired) electrons. The highest BCUT2D eigenvalue weighted by Crippen LogP contribution is 2.26. The third kappa shape index (κ3) is 3.77. The summed E-state index contributed by atoms with van der Waals surface area (Å²) in [7, 11) is 1.28. The fourth-order valence-corrected chi connectivity index (χ4v) is 3.11. The molecule has 0 saturated carbocycles. The molecular weight excluding hydrogens is 362 g/mol. The first kappa shape index (κ1) is 19.2. The minimum absolute atomic E-state index is 0.0982. The van der Waals surface area contributed by atoms with Crippen LogP contribution in [0.2, 0.25) is 0 Å². The minimum Gasteiger partial charge on any atom is -0.326 e. The van der Waals surface area contributed by atoms with Crippen LogP contribution in [-0.4, -0.2) is 41.7 Å². The van der Waals surface area contributed by atoms with Crippen molar-refractivity contribution in [2.45, 2.75) is 19.4 Å². The van der Waals surface area contributed by atoms with Crippen molar-refractivity contribution >= 4 is 29.3 Å². The highest BCUT2D eigenvalue weighted by molar-refractivity contribution is 6.22. The summed E-state index contributed by atoms with van der Waals surface area (Å²) in [4.78, 5) is 54.9. The van der Waals surface area contributed by atoms with Crippen LogP contribution >= 0.6 is 0 Å². The largest absolute Gasteiger partial charge is 0.326 e. The Kier molecular flexibility index (Phi) is 5.51. The number of imide groups is 1. The van der Waals surface area contributed by atoms with Gasteiger partial charge in [-0.2, -0.15) is 0 Å². The fraction of sp³-hybridized carbons (Fsp3) is 0.200. The molecule has 1 aliphatic rings. The van der Waals surface area contributed by atoms with Crippen LogP contribution in [0.15, 0.2) is 48.5 Å². The van der Waals surface area contributed by atoms with Crippen LogP contribution in [0.4, 0.5) is 5.69 Å². The maximum atomic E-state index is 12.8. The van der Waals surface area contributed by atoms with Crippen LogP contribution in [0.3, 0.4) is 0 Å². The molecule has 1 aliphatic heterocycles. The molecule has 1 atom stereocenters. The van der Waals surface area contributed by atoms with Gasteiger partial charge in [-0.05, 0) is 29.8 Å². The monoisotopic (exact) mass is 381 g/mol. The Balaban J connectivity index is 1.88. The Morgan fingerprint density at radius 1 is 1.00 bits per heavy atom. The van der Waals surface area contributed by atoms with Gasteiger partial charge in [0.25, 0.3) is 17.7 Å². The van der Waals surface area contributed by atoms with Crippen molar-refractivity contribution in [2.75, 3.05) is 12.4 Å². The number of carbonyl (C=O) groups is 4. The first-order valence-corrected chi connectivity index (χ1v) is 8.58. The molecule has 0 saturated heterocycles. The summed E-state index contributed by atoms with van der Waals surface area (Å²) in [5, 5.41) is 2.65. The van der Waals surface area contributed by atoms with Crippen LogP contribution in [0.1, 0.15) is 33.2 Å². The summed E-state index contributed by atoms with van der Waals surface area (Å²) in [5.41, 5.74) is 4.06. The SMILES string of the molecule is CONC(=O)[C@H](Cc1ccc(NC(C)=O)cc1)N1C(=O)c2ccccc2C1=O. The topological polar surface area (TPSA) is 105 Å². The van der Waals surface area contributed by atoms with Crippen molar-refractivity contribution in [1.29, 1.82) is 0 Å². The third-order valence-corrected chi connectivity index (χ3v) is 4.35. The Morgan fingerprint density at radius 2 is 1.57 bits per heavy atom. The van der Waals surface area contributed by atoms with E-state index in [4.69, 9.17) is 4.84 Å². The number of nitrogens with one attached hydrogen (secondary N) is 2. The van der Waals surface area contributed by atoms with Gasteiger partial charge in [0.15, 0.2) is 0 Å². The zero-order chi connectivity index (χ0) is 20.3. The maximum Gasteiger partial charge on any atom is 0.267 e. The maximum absolute atomic E-state index is 12.8. The summed E-state index contributed by atoms with van der Waals surface area (Å²) in [6, 6.07) is 12.2. The Bertz CT molecular complexity index is 904. The van der Waals surface area contributed by atoms with Crippen LogP contribution in [0.25, 0.3) is 0 Å². The second-order valence-electron chi connectivity index (χ2n) is 6.29. The fourth-order valence-electron chi connectivity index (χ4n) is 3.11. The van der Waals surface area contributed by atoms with Gasteiger partial charge in [0, 0.05) is 19.0 Å². The van der Waals surface area contributed by atoms with E-state index in [0.717, 1.165) is 4.90 Å². The number of fused-ring (bicyclic) bond motifs is 1. The van der Waals surface area contributed by atoms with Gasteiger partial charge < -0.3 is 5.32 Å². The number of rotatable bonds is 6. The van der Waals surface area contributed by atoms with Gasteiger partial charge in [0.2, 0.25) is 5.91 Å². The quantitative estimate of drug-likeness (QED) is 0.583. The van der Waals surface area contributed by atoms with Gasteiger partial charge in [-0.3, -0.25) is 28.9 Å². The van der Waals surface area contributed by atoms with E-state index < -0.39 is 23.8 Å². The van der Waals surface area contributed by atoms with E-state index in [1.165, 1.54) is 14.0 Å². The smallest absolute Gasteiger partial charge is 0.267 e. The van der Waals surface area contributed by atoms with Gasteiger partial charge in [-0.1, -0.05) is 24.3 Å². The van der Waals surface area contributed by atoms with Gasteiger partial charge in [-0.15, -0.1) is 0 Å². The number of carbonyl (C=O) groups excluding carboxylic acids is 4. The predicted molar refractivity (Wildman–Crippen MR) is 100 cm³/mol. The Hall–Kier alpha value is -3.52. The van der Waals surface area contributed by atoms with E-state index >= 15 is 0 Å². The van der Waals surface area contributed by atoms with Gasteiger partial charge >= 0.3 is 0 Å². The van der Waals surface area contributed by atoms with Gasteiger partial charge in [0.1, 0.15) is 6.04 Å². The summed E-state index contributed by atoms with van der Waals surface area (Å²) in [5.74, 6) is -1.85. The highest BCUT2D eigenvalue weighted by atomic mass is 16.6. The number of anilines is 1. The minimum atomic E-state index is -1.08. The molecule has 2 aromatic rings. The Morgan fingerprint density at radius 3 is 2.07 bits per heavy atom. The molecule has 0 aromatic heterocycles. The molecule has 1 heterocycles. The molecule has 3 rings (SSSR count). The number of hydroxylamine groups is 1. The number of nitrogens with zero attached hydrogens (tertiary/aromatic N) is 1. The van der Waals surface area contributed by atoms with E-state index in [2.05, 4.69) is 10.8 Å². The van der Waals surface area contributed by atoms with E-state index in [1.807, 2.05) is 0 Å². The van der Waals surface area contributed by atoms with E-state index in [-0.39, 0.29) is 23.5 Å². The van der Waals surface area contributed by atoms with Gasteiger partial charge in [-0.25, -0.2) is 5.48 Å². The zero-order valence-corrected chi connectivity index (χ0v) is 15.4. The third-order valence-electron chi connectivity index (χ3n) is 4.35. The zero-order valence-electron chi connectivity index (χ0n) is 15.4. The standard InChI is InChI=1S/C20H19N3O5/c1-12(24)21-14-9-7-13(8-10-14)11-17(18(25)22-28-2)23-19(26)15-5-3-4-6-16(15)20(23)27/h3-10,17H,11H2,1-2H3,(H,21,24)(H,22,25)/t17-/m0/s1. The van der Waals surface area contributed by atoms with E-state index in [1.54, 1.807) is 48.5 Å². The predicted octanol–water partition coefficient (Wildman–Crippen LogP) is 1.53. The van der Waals surface area contributed by atoms with Crippen molar-refractivity contribution < 1.29 is 24.0 Å². The lowest BCUT2D eigenvalue weighted by Crippen LogP contribution is -2.50. The molecule has 8 nitrogen and oxygen atoms in total. The number of hydrogen-bond donors (Lipinski definition) is 2. The highest BCUT2D eigenvalue weighted by Gasteiger charge is 2.42. The summed E-state index contributed by atoms with van der Waals surface area (Å²) >= 11 is 0. The molecule has 4 amide bonds. The average molecular weight is 381 g/mol. The number of benzene rings is 2. The van der Waals surface area contributed by atoms with Crippen molar-refractivity contribution in [2.24, 2.45) is 0 Å². The van der Waals surface area contributed by atoms with Crippen molar-refractivity contribution in [3.63, 3.8) is 0 Å². The second-order valence-corrected chi connectivity index (χ2v) is 6.29. The van der Waals surface area contributed by atoms with Crippen molar-refractivity contribution in [3.8, 4) is 0 Å². The van der Waals surface area contributed by atoms with Crippen LogP contribution in [0.5, 0.6) is 0 Å². The molecule has 28 heavy (non-hydrogen) atoms. The lowest BCUT2D eigenvalue weighted by atomic mass is 10.0.